The fourth-order valence-corrected chi connectivity index (χ4v) is 3.18. The molecule has 2 aromatic carbocycles. The van der Waals surface area contributed by atoms with Crippen molar-refractivity contribution >= 4 is 35.0 Å². The van der Waals surface area contributed by atoms with Gasteiger partial charge in [-0.05, 0) is 42.8 Å². The number of amides is 1. The predicted octanol–water partition coefficient (Wildman–Crippen LogP) is 3.00. The normalized spacial score (nSPS) is 10.6. The Morgan fingerprint density at radius 2 is 1.66 bits per heavy atom. The topological polar surface area (TPSA) is 91.3 Å². The minimum absolute atomic E-state index is 0. The number of benzene rings is 2. The molecule has 0 aliphatic carbocycles. The van der Waals surface area contributed by atoms with Crippen LogP contribution in [0.15, 0.2) is 53.3 Å². The number of hydrogen-bond donors (Lipinski definition) is 2. The first-order valence-electron chi connectivity index (χ1n) is 9.55. The van der Waals surface area contributed by atoms with Gasteiger partial charge in [-0.15, -0.1) is 12.4 Å². The molecule has 0 aliphatic rings. The number of nitrogens with two attached hydrogens (primary N) is 1. The lowest BCUT2D eigenvalue weighted by Crippen LogP contribution is -2.26. The molecule has 3 rings (SSSR count). The number of halogens is 1. The molecule has 29 heavy (non-hydrogen) atoms. The summed E-state index contributed by atoms with van der Waals surface area (Å²) in [4.78, 5) is 25.1. The number of anilines is 1. The van der Waals surface area contributed by atoms with Crippen LogP contribution in [0.4, 0.5) is 5.69 Å². The largest absolute Gasteiger partial charge is 0.492 e. The first-order chi connectivity index (χ1) is 13.6. The Morgan fingerprint density at radius 1 is 1.03 bits per heavy atom. The van der Waals surface area contributed by atoms with E-state index in [9.17, 15) is 9.59 Å². The summed E-state index contributed by atoms with van der Waals surface area (Å²) in [5.41, 5.74) is 7.79. The Bertz CT molecular complexity index is 995. The molecule has 0 saturated carbocycles. The smallest absolute Gasteiger partial charge is 0.329 e. The van der Waals surface area contributed by atoms with Crippen LogP contribution in [0.25, 0.3) is 11.0 Å². The number of ether oxygens (including phenoxy) is 1. The molecule has 0 fully saturated rings. The zero-order valence-electron chi connectivity index (χ0n) is 16.5. The highest BCUT2D eigenvalue weighted by atomic mass is 35.5. The van der Waals surface area contributed by atoms with Gasteiger partial charge in [0.1, 0.15) is 12.4 Å². The highest BCUT2D eigenvalue weighted by Gasteiger charge is 2.13. The minimum Gasteiger partial charge on any atom is -0.492 e. The van der Waals surface area contributed by atoms with E-state index in [1.165, 1.54) is 0 Å². The van der Waals surface area contributed by atoms with E-state index < -0.39 is 0 Å². The van der Waals surface area contributed by atoms with E-state index in [1.807, 2.05) is 31.2 Å². The van der Waals surface area contributed by atoms with Gasteiger partial charge in [-0.2, -0.15) is 0 Å². The second-order valence-electron chi connectivity index (χ2n) is 6.53. The number of rotatable bonds is 9. The van der Waals surface area contributed by atoms with Crippen LogP contribution in [0, 0.1) is 0 Å². The van der Waals surface area contributed by atoms with Crippen molar-refractivity contribution < 1.29 is 9.53 Å². The Kier molecular flexibility index (Phi) is 8.30. The van der Waals surface area contributed by atoms with Crippen LogP contribution >= 0.6 is 12.4 Å². The van der Waals surface area contributed by atoms with Crippen LogP contribution in [0.5, 0.6) is 5.75 Å². The van der Waals surface area contributed by atoms with Crippen LogP contribution in [0.1, 0.15) is 19.8 Å². The molecule has 0 aliphatic heterocycles. The maximum Gasteiger partial charge on any atom is 0.329 e. The lowest BCUT2D eigenvalue weighted by Gasteiger charge is -2.08. The number of imidazole rings is 1. The average molecular weight is 419 g/mol. The van der Waals surface area contributed by atoms with Gasteiger partial charge in [0, 0.05) is 31.7 Å². The Balaban J connectivity index is 0.00000300. The quantitative estimate of drug-likeness (QED) is 0.558. The van der Waals surface area contributed by atoms with E-state index in [-0.39, 0.29) is 30.4 Å². The van der Waals surface area contributed by atoms with Crippen molar-refractivity contribution in [2.75, 3.05) is 18.5 Å². The molecule has 1 heterocycles. The van der Waals surface area contributed by atoms with Crippen molar-refractivity contribution in [3.05, 3.63) is 59.0 Å². The first-order valence-corrected chi connectivity index (χ1v) is 9.55. The Hall–Kier alpha value is -2.77. The van der Waals surface area contributed by atoms with Crippen LogP contribution in [0.3, 0.4) is 0 Å². The summed E-state index contributed by atoms with van der Waals surface area (Å²) in [7, 11) is 0. The maximum absolute atomic E-state index is 12.7. The van der Waals surface area contributed by atoms with Crippen molar-refractivity contribution in [3.8, 4) is 5.75 Å². The van der Waals surface area contributed by atoms with Gasteiger partial charge in [-0.1, -0.05) is 19.1 Å². The van der Waals surface area contributed by atoms with E-state index in [2.05, 4.69) is 5.32 Å². The van der Waals surface area contributed by atoms with Gasteiger partial charge in [0.05, 0.1) is 11.0 Å². The van der Waals surface area contributed by atoms with Gasteiger partial charge >= 0.3 is 5.69 Å². The number of hydrogen-bond acceptors (Lipinski definition) is 4. The molecule has 8 heteroatoms. The summed E-state index contributed by atoms with van der Waals surface area (Å²) in [6.07, 6.45) is 1.09. The second kappa shape index (κ2) is 10.7. The molecule has 1 aromatic heterocycles. The third-order valence-corrected chi connectivity index (χ3v) is 4.46. The molecule has 0 atom stereocenters. The molecule has 0 saturated heterocycles. The van der Waals surface area contributed by atoms with E-state index in [0.717, 1.165) is 17.5 Å². The summed E-state index contributed by atoms with van der Waals surface area (Å²) in [5, 5.41) is 2.85. The molecule has 156 valence electrons. The van der Waals surface area contributed by atoms with Gasteiger partial charge in [0.25, 0.3) is 0 Å². The highest BCUT2D eigenvalue weighted by Crippen LogP contribution is 2.16. The predicted molar refractivity (Wildman–Crippen MR) is 118 cm³/mol. The average Bonchev–Trinajstić information content (AvgIpc) is 2.97. The zero-order valence-corrected chi connectivity index (χ0v) is 17.3. The standard InChI is InChI=1S/C21H26N4O3.ClH/c1-2-13-24-18-5-3-4-6-19(18)25(21(24)27)14-11-20(26)23-16-7-9-17(10-8-16)28-15-12-22;/h3-10H,2,11-15,22H2,1H3,(H,23,26);1H. The number of aryl methyl sites for hydroxylation is 2. The van der Waals surface area contributed by atoms with Crippen LogP contribution in [0.2, 0.25) is 0 Å². The molecule has 0 spiro atoms. The summed E-state index contributed by atoms with van der Waals surface area (Å²) in [6, 6.07) is 14.8. The van der Waals surface area contributed by atoms with Crippen LogP contribution in [-0.4, -0.2) is 28.2 Å². The number of carbonyl (C=O) groups excluding carboxylic acids is 1. The number of para-hydroxylation sites is 2. The third-order valence-electron chi connectivity index (χ3n) is 4.46. The Morgan fingerprint density at radius 3 is 2.24 bits per heavy atom. The molecule has 0 bridgehead atoms. The van der Waals surface area contributed by atoms with E-state index in [1.54, 1.807) is 33.4 Å². The summed E-state index contributed by atoms with van der Waals surface area (Å²) in [6.45, 7) is 3.94. The second-order valence-corrected chi connectivity index (χ2v) is 6.53. The number of nitrogens with one attached hydrogen (secondary N) is 1. The third kappa shape index (κ3) is 5.40. The van der Waals surface area contributed by atoms with Crippen molar-refractivity contribution in [3.63, 3.8) is 0 Å². The van der Waals surface area contributed by atoms with Crippen molar-refractivity contribution in [1.29, 1.82) is 0 Å². The van der Waals surface area contributed by atoms with Crippen LogP contribution in [-0.2, 0) is 17.9 Å². The molecule has 7 nitrogen and oxygen atoms in total. The van der Waals surface area contributed by atoms with Gasteiger partial charge < -0.3 is 15.8 Å². The Labute approximate surface area is 175 Å². The summed E-state index contributed by atoms with van der Waals surface area (Å²) >= 11 is 0. The minimum atomic E-state index is -0.144. The maximum atomic E-state index is 12.7. The zero-order chi connectivity index (χ0) is 19.9. The van der Waals surface area contributed by atoms with Gasteiger partial charge in [-0.3, -0.25) is 13.9 Å². The van der Waals surface area contributed by atoms with Crippen LogP contribution < -0.4 is 21.5 Å². The van der Waals surface area contributed by atoms with Gasteiger partial charge in [0.2, 0.25) is 5.91 Å². The number of aromatic nitrogens is 2. The van der Waals surface area contributed by atoms with Crippen molar-refractivity contribution in [1.82, 2.24) is 9.13 Å². The number of carbonyl (C=O) groups is 1. The van der Waals surface area contributed by atoms with Gasteiger partial charge in [0.15, 0.2) is 0 Å². The molecular formula is C21H27ClN4O3. The van der Waals surface area contributed by atoms with E-state index >= 15 is 0 Å². The fourth-order valence-electron chi connectivity index (χ4n) is 3.18. The summed E-state index contributed by atoms with van der Waals surface area (Å²) in [5.74, 6) is 0.564. The number of nitrogens with zero attached hydrogens (tertiary/aromatic N) is 2. The SMILES string of the molecule is CCCn1c(=O)n(CCC(=O)Nc2ccc(OCCN)cc2)c2ccccc21.Cl. The molecule has 0 unspecified atom stereocenters. The number of fused-ring (bicyclic) bond motifs is 1. The molecule has 1 amide bonds. The van der Waals surface area contributed by atoms with E-state index in [0.29, 0.717) is 37.7 Å². The monoisotopic (exact) mass is 418 g/mol. The van der Waals surface area contributed by atoms with E-state index in [4.69, 9.17) is 10.5 Å². The van der Waals surface area contributed by atoms with Crippen molar-refractivity contribution in [2.45, 2.75) is 32.9 Å². The molecule has 3 aromatic rings. The lowest BCUT2D eigenvalue weighted by molar-refractivity contribution is -0.116. The molecule has 0 radical (unpaired) electrons. The molecular weight excluding hydrogens is 392 g/mol. The first kappa shape index (κ1) is 22.5. The van der Waals surface area contributed by atoms with Gasteiger partial charge in [-0.25, -0.2) is 4.79 Å². The summed E-state index contributed by atoms with van der Waals surface area (Å²) < 4.78 is 8.86. The highest BCUT2D eigenvalue weighted by molar-refractivity contribution is 5.90. The van der Waals surface area contributed by atoms with Crippen molar-refractivity contribution in [2.24, 2.45) is 5.73 Å². The lowest BCUT2D eigenvalue weighted by atomic mass is 10.2. The fraction of sp³-hybridized carbons (Fsp3) is 0.333. The molecule has 3 N–H and O–H groups in total.